The monoisotopic (exact) mass is 468 g/mol. The molecule has 0 aliphatic carbocycles. The van der Waals surface area contributed by atoms with Crippen LogP contribution in [0.2, 0.25) is 10.0 Å². The minimum Gasteiger partial charge on any atom is -0.315 e. The van der Waals surface area contributed by atoms with E-state index in [0.717, 1.165) is 16.4 Å². The summed E-state index contributed by atoms with van der Waals surface area (Å²) in [4.78, 5) is 18.5. The average molecular weight is 469 g/mol. The van der Waals surface area contributed by atoms with Crippen LogP contribution in [0.25, 0.3) is 0 Å². The number of hydrogen-bond donors (Lipinski definition) is 0. The van der Waals surface area contributed by atoms with Crippen molar-refractivity contribution in [2.24, 2.45) is 4.99 Å². The standard InChI is InChI=1S/C20H18Cl2N2O3S2/c1-12(25)14-3-2-4-15(8-14)24-19-11-29(26,27)10-18(19)23-20(24)28-9-13-5-6-16(21)17(22)7-13/h2-8,18-19H,9-11H2,1H3/t18-,19+/m1/s1. The second-order valence-corrected chi connectivity index (χ2v) is 11.0. The molecule has 0 radical (unpaired) electrons. The number of aliphatic imine (C=N–C) groups is 1. The third-order valence-electron chi connectivity index (χ3n) is 4.99. The van der Waals surface area contributed by atoms with E-state index in [2.05, 4.69) is 0 Å². The van der Waals surface area contributed by atoms with Gasteiger partial charge >= 0.3 is 0 Å². The first-order valence-electron chi connectivity index (χ1n) is 8.99. The highest BCUT2D eigenvalue weighted by atomic mass is 35.5. The number of anilines is 1. The van der Waals surface area contributed by atoms with Gasteiger partial charge in [-0.05, 0) is 36.8 Å². The molecule has 1 saturated heterocycles. The summed E-state index contributed by atoms with van der Waals surface area (Å²) in [7, 11) is -3.13. The van der Waals surface area contributed by atoms with E-state index >= 15 is 0 Å². The van der Waals surface area contributed by atoms with Crippen molar-refractivity contribution in [3.05, 3.63) is 63.6 Å². The molecule has 2 aromatic carbocycles. The van der Waals surface area contributed by atoms with Crippen LogP contribution in [-0.4, -0.2) is 43.0 Å². The van der Waals surface area contributed by atoms with E-state index in [1.165, 1.54) is 18.7 Å². The molecule has 0 N–H and O–H groups in total. The van der Waals surface area contributed by atoms with Gasteiger partial charge < -0.3 is 4.90 Å². The molecule has 2 aliphatic heterocycles. The molecule has 9 heteroatoms. The minimum atomic E-state index is -3.13. The summed E-state index contributed by atoms with van der Waals surface area (Å²) in [5.41, 5.74) is 2.36. The Morgan fingerprint density at radius 3 is 2.69 bits per heavy atom. The lowest BCUT2D eigenvalue weighted by molar-refractivity contribution is 0.101. The van der Waals surface area contributed by atoms with Gasteiger partial charge in [0.25, 0.3) is 0 Å². The fraction of sp³-hybridized carbons (Fsp3) is 0.300. The number of nitrogens with zero attached hydrogens (tertiary/aromatic N) is 2. The smallest absolute Gasteiger partial charge is 0.164 e. The van der Waals surface area contributed by atoms with Gasteiger partial charge in [0.1, 0.15) is 0 Å². The first-order chi connectivity index (χ1) is 13.7. The van der Waals surface area contributed by atoms with Crippen molar-refractivity contribution in [2.75, 3.05) is 16.4 Å². The van der Waals surface area contributed by atoms with Gasteiger partial charge in [-0.3, -0.25) is 9.79 Å². The maximum atomic E-state index is 12.2. The molecule has 5 nitrogen and oxygen atoms in total. The zero-order valence-electron chi connectivity index (χ0n) is 15.5. The van der Waals surface area contributed by atoms with Gasteiger partial charge in [0, 0.05) is 17.0 Å². The number of amidine groups is 1. The molecule has 2 heterocycles. The largest absolute Gasteiger partial charge is 0.315 e. The topological polar surface area (TPSA) is 66.8 Å². The van der Waals surface area contributed by atoms with E-state index in [-0.39, 0.29) is 29.4 Å². The number of hydrogen-bond acceptors (Lipinski definition) is 6. The highest BCUT2D eigenvalue weighted by molar-refractivity contribution is 8.13. The molecule has 2 atom stereocenters. The van der Waals surface area contributed by atoms with Crippen LogP contribution in [0.5, 0.6) is 0 Å². The summed E-state index contributed by atoms with van der Waals surface area (Å²) < 4.78 is 24.3. The summed E-state index contributed by atoms with van der Waals surface area (Å²) in [6.07, 6.45) is 0. The molecule has 152 valence electrons. The fourth-order valence-electron chi connectivity index (χ4n) is 3.59. The molecule has 0 saturated carbocycles. The quantitative estimate of drug-likeness (QED) is 0.619. The van der Waals surface area contributed by atoms with Gasteiger partial charge in [-0.25, -0.2) is 8.42 Å². The van der Waals surface area contributed by atoms with Crippen molar-refractivity contribution in [1.29, 1.82) is 0 Å². The van der Waals surface area contributed by atoms with Crippen LogP contribution >= 0.6 is 35.0 Å². The normalized spacial score (nSPS) is 22.4. The predicted octanol–water partition coefficient (Wildman–Crippen LogP) is 4.47. The van der Waals surface area contributed by atoms with E-state index in [1.54, 1.807) is 18.2 Å². The number of thioether (sulfide) groups is 1. The number of fused-ring (bicyclic) bond motifs is 1. The Labute approximate surface area is 184 Å². The van der Waals surface area contributed by atoms with E-state index in [0.29, 0.717) is 21.4 Å². The molecule has 0 bridgehead atoms. The van der Waals surface area contributed by atoms with Crippen molar-refractivity contribution < 1.29 is 13.2 Å². The van der Waals surface area contributed by atoms with Crippen molar-refractivity contribution >= 4 is 61.4 Å². The molecule has 0 amide bonds. The number of halogens is 2. The van der Waals surface area contributed by atoms with Crippen LogP contribution in [-0.2, 0) is 15.6 Å². The summed E-state index contributed by atoms with van der Waals surface area (Å²) in [6.45, 7) is 1.51. The molecule has 29 heavy (non-hydrogen) atoms. The number of carbonyl (C=O) groups excluding carboxylic acids is 1. The summed E-state index contributed by atoms with van der Waals surface area (Å²) >= 11 is 13.6. The first-order valence-corrected chi connectivity index (χ1v) is 12.5. The first kappa shape index (κ1) is 20.7. The molecular weight excluding hydrogens is 451 g/mol. The Bertz CT molecular complexity index is 1120. The lowest BCUT2D eigenvalue weighted by Gasteiger charge is -2.27. The molecule has 1 fully saturated rings. The van der Waals surface area contributed by atoms with Gasteiger partial charge in [0.05, 0.1) is 33.6 Å². The second kappa shape index (κ2) is 7.95. The van der Waals surface area contributed by atoms with Gasteiger partial charge in [-0.15, -0.1) is 0 Å². The highest BCUT2D eigenvalue weighted by Crippen LogP contribution is 2.36. The minimum absolute atomic E-state index is 0.0383. The highest BCUT2D eigenvalue weighted by Gasteiger charge is 2.47. The predicted molar refractivity (Wildman–Crippen MR) is 120 cm³/mol. The fourth-order valence-corrected chi connectivity index (χ4v) is 6.82. The van der Waals surface area contributed by atoms with Crippen molar-refractivity contribution in [3.8, 4) is 0 Å². The SMILES string of the molecule is CC(=O)c1cccc(N2C(SCc3ccc(Cl)c(Cl)c3)=N[C@@H]3CS(=O)(=O)C[C@@H]32)c1. The van der Waals surface area contributed by atoms with Crippen LogP contribution < -0.4 is 4.90 Å². The van der Waals surface area contributed by atoms with Crippen LogP contribution in [0.15, 0.2) is 47.5 Å². The molecule has 0 unspecified atom stereocenters. The Morgan fingerprint density at radius 1 is 1.17 bits per heavy atom. The third kappa shape index (κ3) is 4.33. The zero-order valence-corrected chi connectivity index (χ0v) is 18.7. The molecule has 0 aromatic heterocycles. The Balaban J connectivity index is 1.64. The van der Waals surface area contributed by atoms with Gasteiger partial charge in [0.15, 0.2) is 20.8 Å². The number of ketones is 1. The Morgan fingerprint density at radius 2 is 1.97 bits per heavy atom. The molecule has 2 aromatic rings. The second-order valence-electron chi connectivity index (χ2n) is 7.14. The Hall–Kier alpha value is -1.54. The number of sulfone groups is 1. The van der Waals surface area contributed by atoms with E-state index in [1.807, 2.05) is 29.2 Å². The van der Waals surface area contributed by atoms with Crippen LogP contribution in [0.3, 0.4) is 0 Å². The number of Topliss-reactive ketones (excluding diaryl/α,β-unsaturated/α-hetero) is 1. The van der Waals surface area contributed by atoms with E-state index < -0.39 is 9.84 Å². The van der Waals surface area contributed by atoms with Gasteiger partial charge in [0.2, 0.25) is 0 Å². The van der Waals surface area contributed by atoms with Gasteiger partial charge in [-0.2, -0.15) is 0 Å². The van der Waals surface area contributed by atoms with Crippen molar-refractivity contribution in [1.82, 2.24) is 0 Å². The lowest BCUT2D eigenvalue weighted by atomic mass is 10.1. The maximum Gasteiger partial charge on any atom is 0.164 e. The van der Waals surface area contributed by atoms with Gasteiger partial charge in [-0.1, -0.05) is 53.2 Å². The summed E-state index contributed by atoms with van der Waals surface area (Å²) in [5, 5.41) is 1.75. The number of benzene rings is 2. The van der Waals surface area contributed by atoms with Crippen LogP contribution in [0, 0.1) is 0 Å². The molecule has 4 rings (SSSR count). The lowest BCUT2D eigenvalue weighted by Crippen LogP contribution is -2.39. The average Bonchev–Trinajstić information content (AvgIpc) is 3.13. The number of rotatable bonds is 4. The maximum absolute atomic E-state index is 12.2. The zero-order chi connectivity index (χ0) is 20.8. The molecule has 2 aliphatic rings. The molecular formula is C20H18Cl2N2O3S2. The summed E-state index contributed by atoms with van der Waals surface area (Å²) in [5.74, 6) is 0.688. The summed E-state index contributed by atoms with van der Waals surface area (Å²) in [6, 6.07) is 12.2. The molecule has 0 spiro atoms. The third-order valence-corrected chi connectivity index (χ3v) is 8.47. The van der Waals surface area contributed by atoms with Crippen molar-refractivity contribution in [2.45, 2.75) is 24.8 Å². The number of carbonyl (C=O) groups is 1. The van der Waals surface area contributed by atoms with E-state index in [4.69, 9.17) is 28.2 Å². The van der Waals surface area contributed by atoms with Crippen LogP contribution in [0.4, 0.5) is 5.69 Å². The van der Waals surface area contributed by atoms with Crippen LogP contribution in [0.1, 0.15) is 22.8 Å². The van der Waals surface area contributed by atoms with Crippen molar-refractivity contribution in [3.63, 3.8) is 0 Å². The van der Waals surface area contributed by atoms with E-state index in [9.17, 15) is 13.2 Å². The Kier molecular flexibility index (Phi) is 5.68.